The van der Waals surface area contributed by atoms with Crippen molar-refractivity contribution in [3.05, 3.63) is 18.2 Å². The predicted molar refractivity (Wildman–Crippen MR) is 97.9 cm³/mol. The average Bonchev–Trinajstić information content (AvgIpc) is 3.51. The minimum atomic E-state index is 0.417. The highest BCUT2D eigenvalue weighted by Gasteiger charge is 2.42. The minimum Gasteiger partial charge on any atom is -0.341 e. The molecule has 3 fully saturated rings. The number of carbonyl (C=O) groups excluding carboxylic acids is 1. The third-order valence-corrected chi connectivity index (χ3v) is 6.31. The molecule has 5 heteroatoms. The summed E-state index contributed by atoms with van der Waals surface area (Å²) in [5.41, 5.74) is 0. The SMILES string of the molecule is CCn1ccnc1CN1CCCN(C(=O)CC(C2CC2)C2CC2)CC1. The molecular weight excluding hydrogens is 312 g/mol. The van der Waals surface area contributed by atoms with Crippen molar-refractivity contribution < 1.29 is 4.79 Å². The second-order valence-corrected chi connectivity index (χ2v) is 8.18. The fourth-order valence-electron chi connectivity index (χ4n) is 4.46. The Kier molecular flexibility index (Phi) is 5.11. The van der Waals surface area contributed by atoms with E-state index in [2.05, 4.69) is 32.5 Å². The van der Waals surface area contributed by atoms with Gasteiger partial charge in [-0.1, -0.05) is 0 Å². The van der Waals surface area contributed by atoms with Crippen LogP contribution in [0.1, 0.15) is 51.3 Å². The number of hydrogen-bond donors (Lipinski definition) is 0. The lowest BCUT2D eigenvalue weighted by molar-refractivity contribution is -0.132. The van der Waals surface area contributed by atoms with Gasteiger partial charge in [-0.15, -0.1) is 0 Å². The second-order valence-electron chi connectivity index (χ2n) is 8.18. The van der Waals surface area contributed by atoms with Gasteiger partial charge in [-0.25, -0.2) is 4.98 Å². The van der Waals surface area contributed by atoms with Gasteiger partial charge < -0.3 is 9.47 Å². The van der Waals surface area contributed by atoms with Crippen LogP contribution >= 0.6 is 0 Å². The van der Waals surface area contributed by atoms with E-state index in [1.54, 1.807) is 0 Å². The molecule has 25 heavy (non-hydrogen) atoms. The molecule has 138 valence electrons. The Bertz CT molecular complexity index is 578. The summed E-state index contributed by atoms with van der Waals surface area (Å²) in [6, 6.07) is 0. The largest absolute Gasteiger partial charge is 0.341 e. The van der Waals surface area contributed by atoms with E-state index in [0.717, 1.165) is 69.8 Å². The number of hydrogen-bond acceptors (Lipinski definition) is 3. The normalized spacial score (nSPS) is 22.4. The summed E-state index contributed by atoms with van der Waals surface area (Å²) in [5.74, 6) is 4.00. The third-order valence-electron chi connectivity index (χ3n) is 6.31. The maximum atomic E-state index is 12.8. The molecular formula is C20H32N4O. The second kappa shape index (κ2) is 7.48. The molecule has 1 saturated heterocycles. The highest BCUT2D eigenvalue weighted by molar-refractivity contribution is 5.76. The highest BCUT2D eigenvalue weighted by Crippen LogP contribution is 2.50. The molecule has 0 unspecified atom stereocenters. The topological polar surface area (TPSA) is 41.4 Å². The van der Waals surface area contributed by atoms with Crippen molar-refractivity contribution in [3.63, 3.8) is 0 Å². The quantitative estimate of drug-likeness (QED) is 0.764. The van der Waals surface area contributed by atoms with Gasteiger partial charge in [0.25, 0.3) is 0 Å². The number of imidazole rings is 1. The molecule has 0 radical (unpaired) electrons. The Labute approximate surface area is 151 Å². The lowest BCUT2D eigenvalue weighted by Crippen LogP contribution is -2.36. The fourth-order valence-corrected chi connectivity index (χ4v) is 4.46. The molecule has 1 aliphatic heterocycles. The lowest BCUT2D eigenvalue weighted by Gasteiger charge is -2.24. The Morgan fingerprint density at radius 2 is 1.92 bits per heavy atom. The van der Waals surface area contributed by atoms with Crippen molar-refractivity contribution >= 4 is 5.91 Å². The van der Waals surface area contributed by atoms with Crippen molar-refractivity contribution in [2.24, 2.45) is 17.8 Å². The van der Waals surface area contributed by atoms with Gasteiger partial charge in [0.1, 0.15) is 5.82 Å². The van der Waals surface area contributed by atoms with Gasteiger partial charge in [0.2, 0.25) is 5.91 Å². The van der Waals surface area contributed by atoms with E-state index >= 15 is 0 Å². The van der Waals surface area contributed by atoms with Gasteiger partial charge in [0.05, 0.1) is 6.54 Å². The predicted octanol–water partition coefficient (Wildman–Crippen LogP) is 2.76. The van der Waals surface area contributed by atoms with Gasteiger partial charge >= 0.3 is 0 Å². The first kappa shape index (κ1) is 17.1. The molecule has 0 atom stereocenters. The van der Waals surface area contributed by atoms with Crippen LogP contribution in [-0.4, -0.2) is 51.4 Å². The molecule has 1 aromatic heterocycles. The van der Waals surface area contributed by atoms with Crippen LogP contribution in [0.3, 0.4) is 0 Å². The summed E-state index contributed by atoms with van der Waals surface area (Å²) in [5, 5.41) is 0. The molecule has 1 aromatic rings. The number of rotatable bonds is 7. The molecule has 3 aliphatic rings. The minimum absolute atomic E-state index is 0.417. The van der Waals surface area contributed by atoms with E-state index in [9.17, 15) is 4.79 Å². The molecule has 0 bridgehead atoms. The first-order valence-corrected chi connectivity index (χ1v) is 10.2. The summed E-state index contributed by atoms with van der Waals surface area (Å²) in [6.07, 6.45) is 11.3. The zero-order valence-electron chi connectivity index (χ0n) is 15.6. The third kappa shape index (κ3) is 4.25. The lowest BCUT2D eigenvalue weighted by atomic mass is 9.93. The molecule has 2 aliphatic carbocycles. The molecule has 5 nitrogen and oxygen atoms in total. The molecule has 0 aromatic carbocycles. The van der Waals surface area contributed by atoms with Crippen LogP contribution in [0.25, 0.3) is 0 Å². The summed E-state index contributed by atoms with van der Waals surface area (Å²) in [6.45, 7) is 7.87. The van der Waals surface area contributed by atoms with E-state index < -0.39 is 0 Å². The maximum absolute atomic E-state index is 12.8. The van der Waals surface area contributed by atoms with Crippen LogP contribution in [0.2, 0.25) is 0 Å². The Morgan fingerprint density at radius 1 is 1.16 bits per heavy atom. The highest BCUT2D eigenvalue weighted by atomic mass is 16.2. The van der Waals surface area contributed by atoms with Crippen LogP contribution in [-0.2, 0) is 17.9 Å². The van der Waals surface area contributed by atoms with Crippen LogP contribution in [0.4, 0.5) is 0 Å². The average molecular weight is 345 g/mol. The van der Waals surface area contributed by atoms with Crippen molar-refractivity contribution in [3.8, 4) is 0 Å². The van der Waals surface area contributed by atoms with E-state index in [0.29, 0.717) is 11.8 Å². The molecule has 2 heterocycles. The molecule has 2 saturated carbocycles. The molecule has 0 N–H and O–H groups in total. The van der Waals surface area contributed by atoms with Crippen molar-refractivity contribution in [2.75, 3.05) is 26.2 Å². The van der Waals surface area contributed by atoms with Gasteiger partial charge in [-0.3, -0.25) is 9.69 Å². The van der Waals surface area contributed by atoms with Gasteiger partial charge in [0.15, 0.2) is 0 Å². The van der Waals surface area contributed by atoms with Crippen molar-refractivity contribution in [1.29, 1.82) is 0 Å². The van der Waals surface area contributed by atoms with E-state index in [1.807, 2.05) is 6.20 Å². The number of nitrogens with zero attached hydrogens (tertiary/aromatic N) is 4. The van der Waals surface area contributed by atoms with E-state index in [1.165, 1.54) is 25.7 Å². The monoisotopic (exact) mass is 344 g/mol. The summed E-state index contributed by atoms with van der Waals surface area (Å²) >= 11 is 0. The van der Waals surface area contributed by atoms with Gasteiger partial charge in [-0.05, 0) is 56.8 Å². The molecule has 4 rings (SSSR count). The summed E-state index contributed by atoms with van der Waals surface area (Å²) in [7, 11) is 0. The Morgan fingerprint density at radius 3 is 2.60 bits per heavy atom. The van der Waals surface area contributed by atoms with Crippen LogP contribution in [0, 0.1) is 17.8 Å². The standard InChI is InChI=1S/C20H32N4O/c1-2-23-11-8-21-19(23)15-22-9-3-10-24(13-12-22)20(25)14-18(16-4-5-16)17-6-7-17/h8,11,16-18H,2-7,9-10,12-15H2,1H3. The Balaban J connectivity index is 1.29. The number of carbonyl (C=O) groups is 1. The van der Waals surface area contributed by atoms with Crippen molar-refractivity contribution in [2.45, 2.75) is 58.5 Å². The number of amides is 1. The van der Waals surface area contributed by atoms with Crippen molar-refractivity contribution in [1.82, 2.24) is 19.4 Å². The van der Waals surface area contributed by atoms with E-state index in [4.69, 9.17) is 0 Å². The van der Waals surface area contributed by atoms with Crippen LogP contribution < -0.4 is 0 Å². The first-order valence-electron chi connectivity index (χ1n) is 10.2. The van der Waals surface area contributed by atoms with Gasteiger partial charge in [-0.2, -0.15) is 0 Å². The molecule has 1 amide bonds. The summed E-state index contributed by atoms with van der Waals surface area (Å²) in [4.78, 5) is 21.9. The summed E-state index contributed by atoms with van der Waals surface area (Å²) < 4.78 is 2.21. The number of aryl methyl sites for hydroxylation is 1. The first-order chi connectivity index (χ1) is 12.2. The maximum Gasteiger partial charge on any atom is 0.222 e. The number of aromatic nitrogens is 2. The zero-order chi connectivity index (χ0) is 17.2. The smallest absolute Gasteiger partial charge is 0.222 e. The van der Waals surface area contributed by atoms with E-state index in [-0.39, 0.29) is 0 Å². The van der Waals surface area contributed by atoms with Crippen LogP contribution in [0.5, 0.6) is 0 Å². The van der Waals surface area contributed by atoms with Crippen LogP contribution in [0.15, 0.2) is 12.4 Å². The zero-order valence-corrected chi connectivity index (χ0v) is 15.6. The van der Waals surface area contributed by atoms with Gasteiger partial charge in [0, 0.05) is 51.5 Å². The molecule has 0 spiro atoms. The Hall–Kier alpha value is -1.36. The fraction of sp³-hybridized carbons (Fsp3) is 0.800.